The van der Waals surface area contributed by atoms with Crippen molar-refractivity contribution in [3.8, 4) is 5.75 Å². The van der Waals surface area contributed by atoms with Crippen molar-refractivity contribution >= 4 is 39.9 Å². The molecule has 0 bridgehead atoms. The fraction of sp³-hybridized carbons (Fsp3) is 0.235. The molecule has 0 aliphatic rings. The lowest BCUT2D eigenvalue weighted by Gasteiger charge is -2.19. The van der Waals surface area contributed by atoms with Gasteiger partial charge in [0.15, 0.2) is 0 Å². The van der Waals surface area contributed by atoms with Gasteiger partial charge in [-0.1, -0.05) is 0 Å². The zero-order valence-electron chi connectivity index (χ0n) is 13.8. The lowest BCUT2D eigenvalue weighted by atomic mass is 10.1. The summed E-state index contributed by atoms with van der Waals surface area (Å²) in [6.07, 6.45) is -2.96. The molecule has 7 nitrogen and oxygen atoms in total. The number of aliphatic hydroxyl groups is 3. The van der Waals surface area contributed by atoms with Crippen LogP contribution in [0.5, 0.6) is 5.75 Å². The smallest absolute Gasteiger partial charge is 0.254 e. The predicted octanol–water partition coefficient (Wildman–Crippen LogP) is 1.50. The fourth-order valence-electron chi connectivity index (χ4n) is 2.19. The van der Waals surface area contributed by atoms with Crippen molar-refractivity contribution in [2.24, 2.45) is 5.73 Å². The van der Waals surface area contributed by atoms with Gasteiger partial charge in [-0.05, 0) is 46.9 Å². The molecule has 0 heterocycles. The van der Waals surface area contributed by atoms with Crippen LogP contribution in [0.25, 0.3) is 0 Å². The Balaban J connectivity index is 2.37. The number of halogens is 3. The van der Waals surface area contributed by atoms with Gasteiger partial charge in [-0.2, -0.15) is 0 Å². The Morgan fingerprint density at radius 1 is 1.19 bits per heavy atom. The first-order chi connectivity index (χ1) is 12.7. The van der Waals surface area contributed by atoms with Gasteiger partial charge in [-0.25, -0.2) is 8.78 Å². The van der Waals surface area contributed by atoms with Gasteiger partial charge in [-0.3, -0.25) is 4.79 Å². The first-order valence-electron chi connectivity index (χ1n) is 7.68. The summed E-state index contributed by atoms with van der Waals surface area (Å²) < 4.78 is 33.9. The van der Waals surface area contributed by atoms with Crippen LogP contribution >= 0.6 is 22.6 Å². The van der Waals surface area contributed by atoms with Crippen molar-refractivity contribution in [1.29, 1.82) is 0 Å². The second kappa shape index (κ2) is 9.26. The summed E-state index contributed by atoms with van der Waals surface area (Å²) >= 11 is 1.92. The average molecular weight is 494 g/mol. The molecular formula is C17H17F2IN2O5. The number of benzene rings is 2. The fourth-order valence-corrected chi connectivity index (χ4v) is 2.65. The predicted molar refractivity (Wildman–Crippen MR) is 102 cm³/mol. The Kier molecular flexibility index (Phi) is 7.30. The molecule has 0 saturated heterocycles. The molecule has 0 radical (unpaired) electrons. The van der Waals surface area contributed by atoms with Gasteiger partial charge in [0.05, 0.1) is 18.0 Å². The molecule has 146 valence electrons. The minimum atomic E-state index is -1.48. The van der Waals surface area contributed by atoms with E-state index in [-0.39, 0.29) is 22.7 Å². The number of anilines is 2. The van der Waals surface area contributed by atoms with E-state index < -0.39 is 43.0 Å². The molecule has 0 unspecified atom stereocenters. The number of aliphatic hydroxyl groups excluding tert-OH is 3. The average Bonchev–Trinajstić information content (AvgIpc) is 2.60. The number of nitrogens with two attached hydrogens (primary N) is 1. The number of ether oxygens (including phenoxy) is 1. The van der Waals surface area contributed by atoms with E-state index in [0.29, 0.717) is 3.57 Å². The van der Waals surface area contributed by atoms with Gasteiger partial charge in [-0.15, -0.1) is 0 Å². The summed E-state index contributed by atoms with van der Waals surface area (Å²) in [4.78, 5) is 11.9. The van der Waals surface area contributed by atoms with E-state index in [1.165, 1.54) is 12.1 Å². The third kappa shape index (κ3) is 5.48. The summed E-state index contributed by atoms with van der Waals surface area (Å²) in [7, 11) is 0. The molecular weight excluding hydrogens is 477 g/mol. The Hall–Kier alpha value is -2.02. The highest BCUT2D eigenvalue weighted by Crippen LogP contribution is 2.31. The van der Waals surface area contributed by atoms with Crippen molar-refractivity contribution in [1.82, 2.24) is 0 Å². The van der Waals surface area contributed by atoms with E-state index in [0.717, 1.165) is 12.1 Å². The number of amides is 1. The summed E-state index contributed by atoms with van der Waals surface area (Å²) in [5, 5.41) is 30.4. The number of carbonyl (C=O) groups excluding carboxylic acids is 1. The van der Waals surface area contributed by atoms with Crippen LogP contribution in [0, 0.1) is 15.2 Å². The number of rotatable bonds is 8. The van der Waals surface area contributed by atoms with E-state index >= 15 is 0 Å². The molecule has 27 heavy (non-hydrogen) atoms. The van der Waals surface area contributed by atoms with Gasteiger partial charge in [0, 0.05) is 9.64 Å². The summed E-state index contributed by atoms with van der Waals surface area (Å²) in [6, 6.07) is 6.08. The molecule has 2 aromatic carbocycles. The maximum Gasteiger partial charge on any atom is 0.254 e. The van der Waals surface area contributed by atoms with Crippen LogP contribution in [0.15, 0.2) is 30.3 Å². The Morgan fingerprint density at radius 3 is 2.48 bits per heavy atom. The van der Waals surface area contributed by atoms with E-state index in [9.17, 15) is 23.8 Å². The summed E-state index contributed by atoms with van der Waals surface area (Å²) in [6.45, 7) is -1.25. The molecule has 0 aliphatic carbocycles. The molecule has 2 rings (SSSR count). The van der Waals surface area contributed by atoms with Crippen molar-refractivity contribution in [2.75, 3.05) is 18.5 Å². The van der Waals surface area contributed by atoms with Gasteiger partial charge in [0.1, 0.15) is 41.8 Å². The number of carbonyl (C=O) groups is 1. The molecule has 0 aliphatic heterocycles. The molecule has 0 spiro atoms. The molecule has 2 aromatic rings. The zero-order chi connectivity index (χ0) is 20.1. The van der Waals surface area contributed by atoms with Gasteiger partial charge in [0.25, 0.3) is 5.91 Å². The van der Waals surface area contributed by atoms with Gasteiger partial charge < -0.3 is 31.1 Å². The topological polar surface area (TPSA) is 125 Å². The minimum absolute atomic E-state index is 0.00907. The van der Waals surface area contributed by atoms with Gasteiger partial charge >= 0.3 is 0 Å². The summed E-state index contributed by atoms with van der Waals surface area (Å²) in [5.41, 5.74) is 4.94. The minimum Gasteiger partial charge on any atom is -0.490 e. The van der Waals surface area contributed by atoms with Crippen molar-refractivity contribution in [3.05, 3.63) is 51.1 Å². The zero-order valence-corrected chi connectivity index (χ0v) is 16.0. The van der Waals surface area contributed by atoms with E-state index in [1.807, 2.05) is 22.6 Å². The number of primary amides is 1. The van der Waals surface area contributed by atoms with E-state index in [4.69, 9.17) is 15.6 Å². The highest BCUT2D eigenvalue weighted by molar-refractivity contribution is 14.1. The molecule has 0 aromatic heterocycles. The number of hydrogen-bond acceptors (Lipinski definition) is 6. The Morgan fingerprint density at radius 2 is 1.89 bits per heavy atom. The molecule has 0 fully saturated rings. The monoisotopic (exact) mass is 494 g/mol. The standard InChI is InChI=1S/C17H17F2IN2O5/c18-8-3-12(22-11-2-1-9(20)5-10(11)19)16(17(21)26)15(4-8)27-7-14(25)13(24)6-23/h1-5,13-14,22-25H,6-7H2,(H2,21,26)/t13-,14-/m0/s1. The second-order valence-corrected chi connectivity index (χ2v) is 6.81. The van der Waals surface area contributed by atoms with Crippen molar-refractivity contribution in [3.63, 3.8) is 0 Å². The normalized spacial score (nSPS) is 13.1. The first-order valence-corrected chi connectivity index (χ1v) is 8.76. The molecule has 1 amide bonds. The van der Waals surface area contributed by atoms with Crippen LogP contribution in [0.3, 0.4) is 0 Å². The maximum atomic E-state index is 14.1. The highest BCUT2D eigenvalue weighted by Gasteiger charge is 2.21. The third-order valence-electron chi connectivity index (χ3n) is 3.55. The number of hydrogen-bond donors (Lipinski definition) is 5. The maximum absolute atomic E-state index is 14.1. The second-order valence-electron chi connectivity index (χ2n) is 5.57. The third-order valence-corrected chi connectivity index (χ3v) is 4.23. The van der Waals surface area contributed by atoms with Crippen LogP contribution in [0.1, 0.15) is 10.4 Å². The van der Waals surface area contributed by atoms with Crippen LogP contribution in [0.2, 0.25) is 0 Å². The lowest BCUT2D eigenvalue weighted by molar-refractivity contribution is -0.0340. The van der Waals surface area contributed by atoms with E-state index in [1.54, 1.807) is 6.07 Å². The van der Waals surface area contributed by atoms with Crippen molar-refractivity contribution in [2.45, 2.75) is 12.2 Å². The molecule has 2 atom stereocenters. The van der Waals surface area contributed by atoms with Crippen molar-refractivity contribution < 1.29 is 33.6 Å². The Labute approximate surface area is 166 Å². The highest BCUT2D eigenvalue weighted by atomic mass is 127. The molecule has 6 N–H and O–H groups in total. The van der Waals surface area contributed by atoms with Crippen LogP contribution < -0.4 is 15.8 Å². The van der Waals surface area contributed by atoms with Crippen LogP contribution in [-0.2, 0) is 0 Å². The SMILES string of the molecule is NC(=O)c1c(Nc2ccc(I)cc2F)cc(F)cc1OC[C@H](O)[C@@H](O)CO. The largest absolute Gasteiger partial charge is 0.490 e. The van der Waals surface area contributed by atoms with Crippen LogP contribution in [0.4, 0.5) is 20.2 Å². The number of nitrogens with one attached hydrogen (secondary N) is 1. The quantitative estimate of drug-likeness (QED) is 0.355. The molecule has 10 heteroatoms. The molecule has 0 saturated carbocycles. The first kappa shape index (κ1) is 21.3. The lowest BCUT2D eigenvalue weighted by Crippen LogP contribution is -2.34. The Bertz CT molecular complexity index is 837. The van der Waals surface area contributed by atoms with Crippen LogP contribution in [-0.4, -0.2) is 46.6 Å². The van der Waals surface area contributed by atoms with E-state index in [2.05, 4.69) is 5.32 Å². The summed E-state index contributed by atoms with van der Waals surface area (Å²) in [5.74, 6) is -2.71. The van der Waals surface area contributed by atoms with Gasteiger partial charge in [0.2, 0.25) is 0 Å².